The number of thiazole rings is 1. The molecule has 0 fully saturated rings. The van der Waals surface area contributed by atoms with Crippen LogP contribution in [0.5, 0.6) is 5.75 Å². The summed E-state index contributed by atoms with van der Waals surface area (Å²) in [6, 6.07) is 17.1. The summed E-state index contributed by atoms with van der Waals surface area (Å²) in [5.74, 6) is 0.660. The van der Waals surface area contributed by atoms with Crippen molar-refractivity contribution in [2.75, 3.05) is 12.9 Å². The molecule has 0 N–H and O–H groups in total. The molecule has 0 aliphatic rings. The smallest absolute Gasteiger partial charge is 0.270 e. The molecule has 166 valence electrons. The third-order valence-corrected chi connectivity index (χ3v) is 6.87. The maximum atomic E-state index is 12.4. The molecule has 0 unspecified atom stereocenters. The number of hydrogen-bond acceptors (Lipinski definition) is 9. The molecule has 2 aromatic heterocycles. The van der Waals surface area contributed by atoms with Crippen LogP contribution in [0.15, 0.2) is 65.7 Å². The SMILES string of the molecule is COc1cccc(-c2nc(C)c(-c3ccc(SCC(=O)c4cccc([N+](=O)[O-])c4)nn3)s2)c1. The normalized spacial score (nSPS) is 10.7. The highest BCUT2D eigenvalue weighted by Gasteiger charge is 2.15. The van der Waals surface area contributed by atoms with Gasteiger partial charge in [0.1, 0.15) is 21.5 Å². The standard InChI is InChI=1S/C23H18N4O4S2/c1-14-22(33-23(24-14)16-6-4-8-18(12-16)31-2)19-9-10-21(26-25-19)32-13-20(28)15-5-3-7-17(11-15)27(29)30/h3-12H,13H2,1-2H3. The first-order chi connectivity index (χ1) is 15.9. The van der Waals surface area contributed by atoms with Gasteiger partial charge in [-0.2, -0.15) is 0 Å². The lowest BCUT2D eigenvalue weighted by molar-refractivity contribution is -0.384. The Morgan fingerprint density at radius 1 is 1.12 bits per heavy atom. The van der Waals surface area contributed by atoms with Gasteiger partial charge in [0.25, 0.3) is 5.69 Å². The highest BCUT2D eigenvalue weighted by atomic mass is 32.2. The number of nitro benzene ring substituents is 1. The van der Waals surface area contributed by atoms with E-state index < -0.39 is 4.92 Å². The van der Waals surface area contributed by atoms with E-state index in [1.54, 1.807) is 19.2 Å². The van der Waals surface area contributed by atoms with Gasteiger partial charge in [0, 0.05) is 23.3 Å². The zero-order valence-corrected chi connectivity index (χ0v) is 19.4. The van der Waals surface area contributed by atoms with Crippen LogP contribution in [0.2, 0.25) is 0 Å². The molecule has 0 bridgehead atoms. The lowest BCUT2D eigenvalue weighted by Gasteiger charge is -2.02. The second kappa shape index (κ2) is 9.88. The highest BCUT2D eigenvalue weighted by Crippen LogP contribution is 2.35. The molecule has 0 atom stereocenters. The van der Waals surface area contributed by atoms with E-state index >= 15 is 0 Å². The van der Waals surface area contributed by atoms with Crippen molar-refractivity contribution in [3.8, 4) is 26.9 Å². The number of nitro groups is 1. The number of rotatable bonds is 8. The van der Waals surface area contributed by atoms with Crippen LogP contribution < -0.4 is 4.74 Å². The first-order valence-electron chi connectivity index (χ1n) is 9.81. The van der Waals surface area contributed by atoms with E-state index in [0.717, 1.165) is 26.9 Å². The minimum absolute atomic E-state index is 0.106. The summed E-state index contributed by atoms with van der Waals surface area (Å²) in [7, 11) is 1.63. The number of aryl methyl sites for hydroxylation is 1. The number of Topliss-reactive ketones (excluding diaryl/α,β-unsaturated/α-hetero) is 1. The van der Waals surface area contributed by atoms with E-state index in [9.17, 15) is 14.9 Å². The summed E-state index contributed by atoms with van der Waals surface area (Å²) in [6.45, 7) is 1.93. The van der Waals surface area contributed by atoms with Gasteiger partial charge in [0.2, 0.25) is 0 Å². The molecule has 8 nitrogen and oxygen atoms in total. The molecular weight excluding hydrogens is 460 g/mol. The van der Waals surface area contributed by atoms with Crippen LogP contribution in [0, 0.1) is 17.0 Å². The van der Waals surface area contributed by atoms with Crippen LogP contribution in [0.1, 0.15) is 16.1 Å². The number of ketones is 1. The molecule has 0 aliphatic heterocycles. The molecule has 10 heteroatoms. The summed E-state index contributed by atoms with van der Waals surface area (Å²) in [6.07, 6.45) is 0. The van der Waals surface area contributed by atoms with Gasteiger partial charge in [-0.3, -0.25) is 14.9 Å². The fourth-order valence-corrected chi connectivity index (χ4v) is 4.78. The highest BCUT2D eigenvalue weighted by molar-refractivity contribution is 7.99. The number of hydrogen-bond donors (Lipinski definition) is 0. The molecule has 0 radical (unpaired) electrons. The summed E-state index contributed by atoms with van der Waals surface area (Å²) < 4.78 is 5.29. The van der Waals surface area contributed by atoms with Gasteiger partial charge in [-0.15, -0.1) is 21.5 Å². The molecule has 33 heavy (non-hydrogen) atoms. The van der Waals surface area contributed by atoms with Crippen molar-refractivity contribution in [2.24, 2.45) is 0 Å². The fourth-order valence-electron chi connectivity index (χ4n) is 3.05. The number of thioether (sulfide) groups is 1. The Bertz CT molecular complexity index is 1320. The number of aromatic nitrogens is 3. The molecule has 0 saturated heterocycles. The summed E-state index contributed by atoms with van der Waals surface area (Å²) in [5, 5.41) is 20.9. The lowest BCUT2D eigenvalue weighted by atomic mass is 10.1. The Hall–Kier alpha value is -3.63. The maximum Gasteiger partial charge on any atom is 0.270 e. The number of non-ortho nitro benzene ring substituents is 1. The zero-order chi connectivity index (χ0) is 23.4. The van der Waals surface area contributed by atoms with E-state index in [4.69, 9.17) is 4.74 Å². The van der Waals surface area contributed by atoms with Gasteiger partial charge in [0.05, 0.1) is 28.4 Å². The Morgan fingerprint density at radius 2 is 1.94 bits per heavy atom. The number of ether oxygens (including phenoxy) is 1. The largest absolute Gasteiger partial charge is 0.497 e. The van der Waals surface area contributed by atoms with E-state index in [0.29, 0.717) is 16.3 Å². The Kier molecular flexibility index (Phi) is 6.76. The van der Waals surface area contributed by atoms with Gasteiger partial charge in [-0.1, -0.05) is 36.0 Å². The maximum absolute atomic E-state index is 12.4. The Balaban J connectivity index is 1.45. The van der Waals surface area contributed by atoms with Crippen LogP contribution >= 0.6 is 23.1 Å². The quantitative estimate of drug-likeness (QED) is 0.142. The van der Waals surface area contributed by atoms with Gasteiger partial charge in [-0.25, -0.2) is 4.98 Å². The van der Waals surface area contributed by atoms with Gasteiger partial charge in [-0.05, 0) is 31.2 Å². The zero-order valence-electron chi connectivity index (χ0n) is 17.7. The van der Waals surface area contributed by atoms with E-state index in [1.807, 2.05) is 37.3 Å². The Morgan fingerprint density at radius 3 is 2.67 bits per heavy atom. The molecule has 0 aliphatic carbocycles. The van der Waals surface area contributed by atoms with Crippen LogP contribution in [0.25, 0.3) is 21.1 Å². The van der Waals surface area contributed by atoms with E-state index in [1.165, 1.54) is 41.3 Å². The fraction of sp³-hybridized carbons (Fsp3) is 0.130. The number of nitrogens with zero attached hydrogens (tertiary/aromatic N) is 4. The number of carbonyl (C=O) groups is 1. The molecule has 4 rings (SSSR count). The summed E-state index contributed by atoms with van der Waals surface area (Å²) in [5.41, 5.74) is 2.71. The average Bonchev–Trinajstić information content (AvgIpc) is 3.24. The van der Waals surface area contributed by atoms with Crippen LogP contribution in [0.4, 0.5) is 5.69 Å². The first-order valence-corrected chi connectivity index (χ1v) is 11.6. The third kappa shape index (κ3) is 5.24. The molecule has 0 saturated carbocycles. The second-order valence-electron chi connectivity index (χ2n) is 6.94. The number of methoxy groups -OCH3 is 1. The number of benzene rings is 2. The van der Waals surface area contributed by atoms with Crippen LogP contribution in [0.3, 0.4) is 0 Å². The average molecular weight is 479 g/mol. The minimum atomic E-state index is -0.519. The van der Waals surface area contributed by atoms with Gasteiger partial charge < -0.3 is 4.74 Å². The van der Waals surface area contributed by atoms with Gasteiger partial charge >= 0.3 is 0 Å². The van der Waals surface area contributed by atoms with Crippen LogP contribution in [-0.2, 0) is 0 Å². The first kappa shape index (κ1) is 22.6. The van der Waals surface area contributed by atoms with Crippen molar-refractivity contribution in [2.45, 2.75) is 11.9 Å². The van der Waals surface area contributed by atoms with Crippen molar-refractivity contribution in [3.63, 3.8) is 0 Å². The van der Waals surface area contributed by atoms with Gasteiger partial charge in [0.15, 0.2) is 5.78 Å². The van der Waals surface area contributed by atoms with E-state index in [2.05, 4.69) is 15.2 Å². The van der Waals surface area contributed by atoms with Crippen molar-refractivity contribution >= 4 is 34.6 Å². The van der Waals surface area contributed by atoms with Crippen molar-refractivity contribution in [1.82, 2.24) is 15.2 Å². The molecule has 4 aromatic rings. The molecule has 2 heterocycles. The summed E-state index contributed by atoms with van der Waals surface area (Å²) >= 11 is 2.76. The minimum Gasteiger partial charge on any atom is -0.497 e. The third-order valence-electron chi connectivity index (χ3n) is 4.72. The predicted octanol–water partition coefficient (Wildman–Crippen LogP) is 5.47. The Labute approximate surface area is 197 Å². The summed E-state index contributed by atoms with van der Waals surface area (Å²) in [4.78, 5) is 28.4. The molecule has 2 aromatic carbocycles. The number of carbonyl (C=O) groups excluding carboxylic acids is 1. The van der Waals surface area contributed by atoms with Crippen molar-refractivity contribution in [1.29, 1.82) is 0 Å². The van der Waals surface area contributed by atoms with E-state index in [-0.39, 0.29) is 17.2 Å². The van der Waals surface area contributed by atoms with Crippen molar-refractivity contribution < 1.29 is 14.5 Å². The lowest BCUT2D eigenvalue weighted by Crippen LogP contribution is -2.03. The van der Waals surface area contributed by atoms with Crippen LogP contribution in [-0.4, -0.2) is 38.8 Å². The van der Waals surface area contributed by atoms with Crippen molar-refractivity contribution in [3.05, 3.63) is 82.0 Å². The molecular formula is C23H18N4O4S2. The monoisotopic (exact) mass is 478 g/mol. The molecule has 0 spiro atoms. The molecule has 0 amide bonds. The predicted molar refractivity (Wildman–Crippen MR) is 128 cm³/mol. The topological polar surface area (TPSA) is 108 Å². The second-order valence-corrected chi connectivity index (χ2v) is 8.94.